The first-order valence-corrected chi connectivity index (χ1v) is 9.66. The third-order valence-corrected chi connectivity index (χ3v) is 6.12. The Morgan fingerprint density at radius 2 is 1.92 bits per heavy atom. The summed E-state index contributed by atoms with van der Waals surface area (Å²) in [5.74, 6) is -0.480. The zero-order chi connectivity index (χ0) is 18.9. The molecule has 8 nitrogen and oxygen atoms in total. The van der Waals surface area contributed by atoms with Crippen LogP contribution in [0, 0.1) is 6.92 Å². The number of hydrogen-bond donors (Lipinski definition) is 1. The van der Waals surface area contributed by atoms with E-state index in [4.69, 9.17) is 15.2 Å². The summed E-state index contributed by atoms with van der Waals surface area (Å²) >= 11 is 1.22. The van der Waals surface area contributed by atoms with Gasteiger partial charge in [0.25, 0.3) is 10.0 Å². The van der Waals surface area contributed by atoms with Gasteiger partial charge in [-0.05, 0) is 48.2 Å². The number of thiophene rings is 1. The zero-order valence-electron chi connectivity index (χ0n) is 13.9. The quantitative estimate of drug-likeness (QED) is 0.662. The minimum absolute atomic E-state index is 0.0277. The van der Waals surface area contributed by atoms with Crippen LogP contribution in [0.3, 0.4) is 0 Å². The number of nitrogens with zero attached hydrogens (tertiary/aromatic N) is 2. The van der Waals surface area contributed by atoms with Gasteiger partial charge in [0.2, 0.25) is 5.88 Å². The maximum Gasteiger partial charge on any atom is 0.355 e. The summed E-state index contributed by atoms with van der Waals surface area (Å²) in [5, 5.41) is 5.57. The van der Waals surface area contributed by atoms with E-state index in [1.165, 1.54) is 48.8 Å². The van der Waals surface area contributed by atoms with Gasteiger partial charge in [0.15, 0.2) is 0 Å². The van der Waals surface area contributed by atoms with E-state index in [0.717, 1.165) is 5.56 Å². The molecule has 0 radical (unpaired) electrons. The van der Waals surface area contributed by atoms with E-state index in [9.17, 15) is 13.2 Å². The first-order chi connectivity index (χ1) is 12.3. The third kappa shape index (κ3) is 3.28. The van der Waals surface area contributed by atoms with Crippen LogP contribution in [0.25, 0.3) is 0 Å². The molecular weight excluding hydrogens is 378 g/mol. The largest absolute Gasteiger partial charge is 0.497 e. The molecule has 0 spiro atoms. The monoisotopic (exact) mass is 393 g/mol. The van der Waals surface area contributed by atoms with Crippen molar-refractivity contribution >= 4 is 33.1 Å². The SMILES string of the molecule is COc1ccc(S(=O)(=O)n2nc(OC(=O)c3sccc3C)cc2N)cc1. The fourth-order valence-electron chi connectivity index (χ4n) is 2.17. The molecule has 0 saturated carbocycles. The predicted octanol–water partition coefficient (Wildman–Crippen LogP) is 2.30. The Morgan fingerprint density at radius 3 is 2.50 bits per heavy atom. The van der Waals surface area contributed by atoms with Crippen molar-refractivity contribution in [2.75, 3.05) is 12.8 Å². The number of nitrogens with two attached hydrogens (primary N) is 1. The number of benzene rings is 1. The van der Waals surface area contributed by atoms with E-state index >= 15 is 0 Å². The highest BCUT2D eigenvalue weighted by atomic mass is 32.2. The number of methoxy groups -OCH3 is 1. The van der Waals surface area contributed by atoms with Gasteiger partial charge in [-0.2, -0.15) is 8.42 Å². The molecule has 3 aromatic rings. The minimum Gasteiger partial charge on any atom is -0.497 e. The average molecular weight is 393 g/mol. The molecule has 0 unspecified atom stereocenters. The Balaban J connectivity index is 1.89. The van der Waals surface area contributed by atoms with Crippen LogP contribution in [-0.4, -0.2) is 30.7 Å². The molecule has 0 amide bonds. The van der Waals surface area contributed by atoms with E-state index < -0.39 is 16.0 Å². The molecule has 2 N–H and O–H groups in total. The Morgan fingerprint density at radius 1 is 1.23 bits per heavy atom. The summed E-state index contributed by atoms with van der Waals surface area (Å²) in [5.41, 5.74) is 6.52. The highest BCUT2D eigenvalue weighted by molar-refractivity contribution is 7.90. The first kappa shape index (κ1) is 18.0. The standard InChI is InChI=1S/C16H15N3O5S2/c1-10-7-8-25-15(10)16(20)24-14-9-13(17)19(18-14)26(21,22)12-5-3-11(23-2)4-6-12/h3-9H,17H2,1-2H3. The van der Waals surface area contributed by atoms with Crippen molar-refractivity contribution in [3.05, 3.63) is 52.2 Å². The number of carbonyl (C=O) groups is 1. The molecule has 0 aliphatic rings. The second-order valence-corrected chi connectivity index (χ2v) is 7.94. The second-order valence-electron chi connectivity index (χ2n) is 5.25. The summed E-state index contributed by atoms with van der Waals surface area (Å²) in [6.45, 7) is 1.77. The number of nitrogen functional groups attached to an aromatic ring is 1. The molecule has 2 heterocycles. The lowest BCUT2D eigenvalue weighted by Crippen LogP contribution is -2.17. The fourth-order valence-corrected chi connectivity index (χ4v) is 4.17. The smallest absolute Gasteiger partial charge is 0.355 e. The molecule has 0 saturated heterocycles. The van der Waals surface area contributed by atoms with Crippen molar-refractivity contribution in [1.82, 2.24) is 9.19 Å². The molecule has 3 rings (SSSR count). The van der Waals surface area contributed by atoms with Crippen molar-refractivity contribution in [2.45, 2.75) is 11.8 Å². The molecule has 0 aliphatic heterocycles. The van der Waals surface area contributed by atoms with Gasteiger partial charge in [-0.25, -0.2) is 4.79 Å². The topological polar surface area (TPSA) is 114 Å². The van der Waals surface area contributed by atoms with Crippen molar-refractivity contribution in [2.24, 2.45) is 0 Å². The van der Waals surface area contributed by atoms with Crippen molar-refractivity contribution < 1.29 is 22.7 Å². The van der Waals surface area contributed by atoms with Gasteiger partial charge in [0, 0.05) is 6.07 Å². The Hall–Kier alpha value is -2.85. The van der Waals surface area contributed by atoms with Crippen molar-refractivity contribution in [3.63, 3.8) is 0 Å². The van der Waals surface area contributed by atoms with Crippen LogP contribution in [0.1, 0.15) is 15.2 Å². The lowest BCUT2D eigenvalue weighted by molar-refractivity contribution is 0.0731. The van der Waals surface area contributed by atoms with E-state index in [1.54, 1.807) is 18.4 Å². The highest BCUT2D eigenvalue weighted by Gasteiger charge is 2.23. The Bertz CT molecular complexity index is 1050. The number of ether oxygens (including phenoxy) is 2. The van der Waals surface area contributed by atoms with Crippen LogP contribution in [0.2, 0.25) is 0 Å². The third-order valence-electron chi connectivity index (χ3n) is 3.51. The Kier molecular flexibility index (Phi) is 4.70. The molecule has 136 valence electrons. The first-order valence-electron chi connectivity index (χ1n) is 7.34. The van der Waals surface area contributed by atoms with Crippen LogP contribution >= 0.6 is 11.3 Å². The number of carbonyl (C=O) groups excluding carboxylic acids is 1. The number of rotatable bonds is 5. The number of esters is 1. The van der Waals surface area contributed by atoms with E-state index in [0.29, 0.717) is 14.7 Å². The Labute approximate surface area is 153 Å². The minimum atomic E-state index is -4.04. The van der Waals surface area contributed by atoms with E-state index in [2.05, 4.69) is 5.10 Å². The van der Waals surface area contributed by atoms with Crippen LogP contribution in [0.5, 0.6) is 11.6 Å². The predicted molar refractivity (Wildman–Crippen MR) is 96.2 cm³/mol. The van der Waals surface area contributed by atoms with Gasteiger partial charge >= 0.3 is 5.97 Å². The molecule has 0 bridgehead atoms. The summed E-state index contributed by atoms with van der Waals surface area (Å²) < 4.78 is 36.1. The van der Waals surface area contributed by atoms with Gasteiger partial charge in [-0.15, -0.1) is 20.5 Å². The van der Waals surface area contributed by atoms with Gasteiger partial charge in [-0.3, -0.25) is 0 Å². The lowest BCUT2D eigenvalue weighted by Gasteiger charge is -2.06. The summed E-state index contributed by atoms with van der Waals surface area (Å²) in [4.78, 5) is 12.5. The van der Waals surface area contributed by atoms with Gasteiger partial charge in [0.1, 0.15) is 16.4 Å². The summed E-state index contributed by atoms with van der Waals surface area (Å²) in [6, 6.07) is 8.72. The van der Waals surface area contributed by atoms with Crippen molar-refractivity contribution in [3.8, 4) is 11.6 Å². The average Bonchev–Trinajstić information content (AvgIpc) is 3.20. The van der Waals surface area contributed by atoms with Crippen LogP contribution in [0.15, 0.2) is 46.7 Å². The molecule has 1 aromatic carbocycles. The number of aryl methyl sites for hydroxylation is 1. The molecular formula is C16H15N3O5S2. The molecule has 0 aliphatic carbocycles. The van der Waals surface area contributed by atoms with Crippen LogP contribution < -0.4 is 15.2 Å². The van der Waals surface area contributed by atoms with Gasteiger partial charge in [0.05, 0.1) is 12.0 Å². The molecule has 26 heavy (non-hydrogen) atoms. The summed E-state index contributed by atoms with van der Waals surface area (Å²) in [7, 11) is -2.56. The number of anilines is 1. The van der Waals surface area contributed by atoms with Crippen molar-refractivity contribution in [1.29, 1.82) is 0 Å². The molecule has 0 atom stereocenters. The number of aromatic nitrogens is 2. The van der Waals surface area contributed by atoms with Crippen LogP contribution in [0.4, 0.5) is 5.82 Å². The molecule has 10 heteroatoms. The maximum atomic E-state index is 12.7. The lowest BCUT2D eigenvalue weighted by atomic mass is 10.3. The summed E-state index contributed by atoms with van der Waals surface area (Å²) in [6.07, 6.45) is 0. The maximum absolute atomic E-state index is 12.7. The zero-order valence-corrected chi connectivity index (χ0v) is 15.5. The number of hydrogen-bond acceptors (Lipinski definition) is 8. The van der Waals surface area contributed by atoms with E-state index in [1.807, 2.05) is 0 Å². The second kappa shape index (κ2) is 6.81. The molecule has 0 fully saturated rings. The van der Waals surface area contributed by atoms with E-state index in [-0.39, 0.29) is 16.6 Å². The van der Waals surface area contributed by atoms with Gasteiger partial charge in [-0.1, -0.05) is 0 Å². The van der Waals surface area contributed by atoms with Gasteiger partial charge < -0.3 is 15.2 Å². The fraction of sp³-hybridized carbons (Fsp3) is 0.125. The highest BCUT2D eigenvalue weighted by Crippen LogP contribution is 2.24. The van der Waals surface area contributed by atoms with Crippen LogP contribution in [-0.2, 0) is 10.0 Å². The molecule has 2 aromatic heterocycles. The normalized spacial score (nSPS) is 11.3.